The van der Waals surface area contributed by atoms with Crippen LogP contribution in [0.4, 0.5) is 13.2 Å². The molecule has 114 valence electrons. The number of hydrogen-bond acceptors (Lipinski definition) is 4. The summed E-state index contributed by atoms with van der Waals surface area (Å²) < 4.78 is 42.8. The molecule has 0 amide bonds. The highest BCUT2D eigenvalue weighted by Crippen LogP contribution is 2.30. The standard InChI is InChI=1S/C11H20F3NO4/c1-3-4-5-19-7-8(16)6-15-10(2,9(17)18)11(12,13)14/h8,15-16H,3-7H2,1-2H3,(H,17,18). The van der Waals surface area contributed by atoms with E-state index >= 15 is 0 Å². The molecule has 0 aromatic carbocycles. The van der Waals surface area contributed by atoms with Crippen molar-refractivity contribution in [1.82, 2.24) is 5.32 Å². The van der Waals surface area contributed by atoms with Gasteiger partial charge in [-0.3, -0.25) is 5.32 Å². The molecule has 0 aliphatic carbocycles. The van der Waals surface area contributed by atoms with E-state index in [1.807, 2.05) is 12.2 Å². The molecule has 5 nitrogen and oxygen atoms in total. The minimum atomic E-state index is -4.96. The van der Waals surface area contributed by atoms with Gasteiger partial charge in [0.1, 0.15) is 0 Å². The number of rotatable bonds is 9. The fourth-order valence-electron chi connectivity index (χ4n) is 1.14. The number of carbonyl (C=O) groups is 1. The third kappa shape index (κ3) is 5.75. The molecule has 0 saturated carbocycles. The van der Waals surface area contributed by atoms with E-state index in [9.17, 15) is 23.1 Å². The van der Waals surface area contributed by atoms with Crippen molar-refractivity contribution in [2.45, 2.75) is 44.5 Å². The minimum absolute atomic E-state index is 0.138. The zero-order valence-corrected chi connectivity index (χ0v) is 11.0. The molecule has 0 heterocycles. The number of alkyl halides is 3. The van der Waals surface area contributed by atoms with E-state index < -0.39 is 30.3 Å². The maximum absolute atomic E-state index is 12.6. The van der Waals surface area contributed by atoms with E-state index in [1.165, 1.54) is 0 Å². The van der Waals surface area contributed by atoms with E-state index in [1.54, 1.807) is 0 Å². The Morgan fingerprint density at radius 2 is 2.00 bits per heavy atom. The Labute approximate surface area is 109 Å². The molecule has 2 unspecified atom stereocenters. The monoisotopic (exact) mass is 287 g/mol. The third-order valence-corrected chi connectivity index (χ3v) is 2.64. The lowest BCUT2D eigenvalue weighted by molar-refractivity contribution is -0.206. The largest absolute Gasteiger partial charge is 0.480 e. The molecule has 0 aliphatic rings. The molecule has 0 radical (unpaired) electrons. The van der Waals surface area contributed by atoms with Gasteiger partial charge in [-0.25, -0.2) is 4.79 Å². The Morgan fingerprint density at radius 3 is 2.42 bits per heavy atom. The van der Waals surface area contributed by atoms with E-state index in [-0.39, 0.29) is 6.61 Å². The van der Waals surface area contributed by atoms with E-state index in [0.29, 0.717) is 13.5 Å². The number of carboxylic acids is 1. The van der Waals surface area contributed by atoms with E-state index in [2.05, 4.69) is 0 Å². The first-order valence-corrected chi connectivity index (χ1v) is 5.96. The van der Waals surface area contributed by atoms with E-state index in [4.69, 9.17) is 9.84 Å². The van der Waals surface area contributed by atoms with Crippen LogP contribution < -0.4 is 5.32 Å². The number of halogens is 3. The molecule has 0 fully saturated rings. The molecular weight excluding hydrogens is 267 g/mol. The first-order valence-electron chi connectivity index (χ1n) is 5.96. The summed E-state index contributed by atoms with van der Waals surface area (Å²) in [5.41, 5.74) is -3.09. The predicted octanol–water partition coefficient (Wildman–Crippen LogP) is 1.16. The summed E-state index contributed by atoms with van der Waals surface area (Å²) in [6, 6.07) is 0. The Hall–Kier alpha value is -0.860. The van der Waals surface area contributed by atoms with Gasteiger partial charge >= 0.3 is 12.1 Å². The average molecular weight is 287 g/mol. The molecule has 2 atom stereocenters. The number of aliphatic carboxylic acids is 1. The van der Waals surface area contributed by atoms with Gasteiger partial charge in [0.15, 0.2) is 0 Å². The topological polar surface area (TPSA) is 78.8 Å². The molecule has 0 aromatic rings. The van der Waals surface area contributed by atoms with Crippen LogP contribution >= 0.6 is 0 Å². The summed E-state index contributed by atoms with van der Waals surface area (Å²) in [6.07, 6.45) is -4.46. The lowest BCUT2D eigenvalue weighted by Gasteiger charge is -2.29. The van der Waals surface area contributed by atoms with Crippen LogP contribution in [0.2, 0.25) is 0 Å². The Kier molecular flexibility index (Phi) is 7.32. The minimum Gasteiger partial charge on any atom is -0.480 e. The van der Waals surface area contributed by atoms with Crippen molar-refractivity contribution in [1.29, 1.82) is 0 Å². The summed E-state index contributed by atoms with van der Waals surface area (Å²) in [5, 5.41) is 19.9. The van der Waals surface area contributed by atoms with Crippen LogP contribution in [-0.4, -0.2) is 53.8 Å². The first kappa shape index (κ1) is 18.1. The van der Waals surface area contributed by atoms with Crippen molar-refractivity contribution in [3.8, 4) is 0 Å². The summed E-state index contributed by atoms with van der Waals surface area (Å²) in [6.45, 7) is 2.21. The molecular formula is C11H20F3NO4. The number of aliphatic hydroxyl groups is 1. The van der Waals surface area contributed by atoms with Crippen LogP contribution in [0.1, 0.15) is 26.7 Å². The molecule has 0 aliphatic heterocycles. The summed E-state index contributed by atoms with van der Waals surface area (Å²) in [5.74, 6) is -2.04. The number of hydrogen-bond donors (Lipinski definition) is 3. The second-order valence-corrected chi connectivity index (χ2v) is 4.39. The van der Waals surface area contributed by atoms with Gasteiger partial charge < -0.3 is 14.9 Å². The lowest BCUT2D eigenvalue weighted by Crippen LogP contribution is -2.61. The van der Waals surface area contributed by atoms with Crippen molar-refractivity contribution in [2.24, 2.45) is 0 Å². The Bertz CT molecular complexity index is 286. The van der Waals surface area contributed by atoms with Crippen LogP contribution in [0.5, 0.6) is 0 Å². The fourth-order valence-corrected chi connectivity index (χ4v) is 1.14. The van der Waals surface area contributed by atoms with Crippen molar-refractivity contribution in [3.63, 3.8) is 0 Å². The molecule has 0 saturated heterocycles. The van der Waals surface area contributed by atoms with Crippen LogP contribution in [0.25, 0.3) is 0 Å². The fraction of sp³-hybridized carbons (Fsp3) is 0.909. The van der Waals surface area contributed by atoms with Crippen LogP contribution in [0.15, 0.2) is 0 Å². The van der Waals surface area contributed by atoms with Crippen LogP contribution in [0, 0.1) is 0 Å². The maximum atomic E-state index is 12.6. The molecule has 3 N–H and O–H groups in total. The van der Waals surface area contributed by atoms with Crippen molar-refractivity contribution < 1.29 is 32.9 Å². The zero-order valence-electron chi connectivity index (χ0n) is 11.0. The van der Waals surface area contributed by atoms with Crippen LogP contribution in [-0.2, 0) is 9.53 Å². The van der Waals surface area contributed by atoms with Gasteiger partial charge in [-0.1, -0.05) is 13.3 Å². The van der Waals surface area contributed by atoms with Crippen molar-refractivity contribution in [2.75, 3.05) is 19.8 Å². The Morgan fingerprint density at radius 1 is 1.42 bits per heavy atom. The van der Waals surface area contributed by atoms with Gasteiger partial charge in [0.2, 0.25) is 5.54 Å². The molecule has 8 heteroatoms. The quantitative estimate of drug-likeness (QED) is 0.555. The number of carboxylic acid groups (broad SMARTS) is 1. The smallest absolute Gasteiger partial charge is 0.417 e. The molecule has 0 rings (SSSR count). The number of ether oxygens (including phenoxy) is 1. The number of unbranched alkanes of at least 4 members (excludes halogenated alkanes) is 1. The summed E-state index contributed by atoms with van der Waals surface area (Å²) in [7, 11) is 0. The zero-order chi connectivity index (χ0) is 15.1. The highest BCUT2D eigenvalue weighted by Gasteiger charge is 2.57. The van der Waals surface area contributed by atoms with Gasteiger partial charge in [0, 0.05) is 13.2 Å². The van der Waals surface area contributed by atoms with Crippen molar-refractivity contribution in [3.05, 3.63) is 0 Å². The van der Waals surface area contributed by atoms with Crippen LogP contribution in [0.3, 0.4) is 0 Å². The van der Waals surface area contributed by atoms with Gasteiger partial charge in [0.25, 0.3) is 0 Å². The van der Waals surface area contributed by atoms with Gasteiger partial charge in [-0.2, -0.15) is 13.2 Å². The Balaban J connectivity index is 4.23. The number of nitrogens with one attached hydrogen (secondary N) is 1. The van der Waals surface area contributed by atoms with Crippen molar-refractivity contribution >= 4 is 5.97 Å². The second-order valence-electron chi connectivity index (χ2n) is 4.39. The molecule has 19 heavy (non-hydrogen) atoms. The highest BCUT2D eigenvalue weighted by molar-refractivity contribution is 5.79. The third-order valence-electron chi connectivity index (χ3n) is 2.64. The summed E-state index contributed by atoms with van der Waals surface area (Å²) in [4.78, 5) is 10.7. The number of aliphatic hydroxyl groups excluding tert-OH is 1. The molecule has 0 bridgehead atoms. The highest BCUT2D eigenvalue weighted by atomic mass is 19.4. The predicted molar refractivity (Wildman–Crippen MR) is 61.8 cm³/mol. The summed E-state index contributed by atoms with van der Waals surface area (Å²) >= 11 is 0. The maximum Gasteiger partial charge on any atom is 0.417 e. The van der Waals surface area contributed by atoms with E-state index in [0.717, 1.165) is 12.8 Å². The van der Waals surface area contributed by atoms with Gasteiger partial charge in [-0.15, -0.1) is 0 Å². The van der Waals surface area contributed by atoms with Gasteiger partial charge in [-0.05, 0) is 13.3 Å². The van der Waals surface area contributed by atoms with Gasteiger partial charge in [0.05, 0.1) is 12.7 Å². The lowest BCUT2D eigenvalue weighted by atomic mass is 10.0. The molecule has 0 aromatic heterocycles. The second kappa shape index (κ2) is 7.66. The first-order chi connectivity index (χ1) is 8.65. The molecule has 0 spiro atoms. The average Bonchev–Trinajstić information content (AvgIpc) is 2.29. The number of β-amino-alcohol motifs (C(OH)–C–C–N with tert-alkyl or cyclic N) is 1. The SMILES string of the molecule is CCCCOCC(O)CNC(C)(C(=O)O)C(F)(F)F. The normalized spacial score (nSPS) is 16.9.